The van der Waals surface area contributed by atoms with Crippen molar-refractivity contribution in [1.29, 1.82) is 0 Å². The van der Waals surface area contributed by atoms with Crippen LogP contribution in [0.15, 0.2) is 30.3 Å². The Kier molecular flexibility index (Phi) is 8.98. The first kappa shape index (κ1) is 22.1. The normalized spacial score (nSPS) is 13.6. The van der Waals surface area contributed by atoms with Crippen LogP contribution in [0, 0.1) is 0 Å². The van der Waals surface area contributed by atoms with Crippen molar-refractivity contribution >= 4 is 23.8 Å². The molecule has 8 nitrogen and oxygen atoms in total. The molecule has 0 saturated carbocycles. The zero-order valence-corrected chi connectivity index (χ0v) is 15.9. The van der Waals surface area contributed by atoms with Gasteiger partial charge >= 0.3 is 17.9 Å². The fraction of sp³-hybridized carbons (Fsp3) is 0.474. The predicted molar refractivity (Wildman–Crippen MR) is 95.5 cm³/mol. The van der Waals surface area contributed by atoms with Gasteiger partial charge in [-0.15, -0.1) is 0 Å². The first-order valence-electron chi connectivity index (χ1n) is 8.56. The summed E-state index contributed by atoms with van der Waals surface area (Å²) >= 11 is 0. The summed E-state index contributed by atoms with van der Waals surface area (Å²) in [4.78, 5) is 47.2. The highest BCUT2D eigenvalue weighted by Crippen LogP contribution is 2.17. The van der Waals surface area contributed by atoms with E-state index in [1.165, 1.54) is 6.92 Å². The summed E-state index contributed by atoms with van der Waals surface area (Å²) < 4.78 is 15.3. The second kappa shape index (κ2) is 10.9. The molecule has 0 unspecified atom stereocenters. The third kappa shape index (κ3) is 7.89. The Balaban J connectivity index is 3.27. The van der Waals surface area contributed by atoms with Gasteiger partial charge in [0, 0.05) is 20.8 Å². The van der Waals surface area contributed by atoms with Crippen LogP contribution in [0.4, 0.5) is 0 Å². The minimum Gasteiger partial charge on any atom is -0.463 e. The second-order valence-electron chi connectivity index (χ2n) is 5.85. The molecule has 148 valence electrons. The van der Waals surface area contributed by atoms with E-state index in [2.05, 4.69) is 5.32 Å². The van der Waals surface area contributed by atoms with Gasteiger partial charge in [-0.2, -0.15) is 0 Å². The van der Waals surface area contributed by atoms with Gasteiger partial charge in [-0.25, -0.2) is 4.79 Å². The molecule has 1 amide bonds. The standard InChI is InChI=1S/C19H25NO7/c1-5-25-19(24)18(27-14(4)23)17(26-13(3)22)16(20-12(2)21)11-15-9-7-6-8-10-15/h6-10,16-18H,5,11H2,1-4H3,(H,20,21)/t16-,17+,18-/m1/s1. The molecule has 27 heavy (non-hydrogen) atoms. The van der Waals surface area contributed by atoms with Crippen LogP contribution in [0.25, 0.3) is 0 Å². The maximum atomic E-state index is 12.3. The molecule has 0 aliphatic rings. The van der Waals surface area contributed by atoms with Gasteiger partial charge in [0.2, 0.25) is 12.0 Å². The van der Waals surface area contributed by atoms with Crippen LogP contribution in [-0.2, 0) is 39.8 Å². The SMILES string of the molecule is CCOC(=O)[C@H](OC(C)=O)[C@@H](OC(C)=O)[C@@H](Cc1ccccc1)NC(C)=O. The molecular formula is C19H25NO7. The average molecular weight is 379 g/mol. The van der Waals surface area contributed by atoms with Crippen LogP contribution in [0.2, 0.25) is 0 Å². The van der Waals surface area contributed by atoms with Crippen molar-refractivity contribution in [2.24, 2.45) is 0 Å². The molecule has 0 heterocycles. The molecule has 0 spiro atoms. The Bertz CT molecular complexity index is 659. The first-order chi connectivity index (χ1) is 12.7. The molecule has 0 aliphatic heterocycles. The van der Waals surface area contributed by atoms with E-state index in [0.29, 0.717) is 0 Å². The van der Waals surface area contributed by atoms with Gasteiger partial charge in [0.05, 0.1) is 12.6 Å². The van der Waals surface area contributed by atoms with Gasteiger partial charge in [-0.3, -0.25) is 14.4 Å². The van der Waals surface area contributed by atoms with E-state index in [9.17, 15) is 19.2 Å². The lowest BCUT2D eigenvalue weighted by atomic mass is 9.97. The fourth-order valence-electron chi connectivity index (χ4n) is 2.58. The van der Waals surface area contributed by atoms with Crippen molar-refractivity contribution in [2.45, 2.75) is 52.4 Å². The molecule has 0 aromatic heterocycles. The summed E-state index contributed by atoms with van der Waals surface area (Å²) in [5.41, 5.74) is 0.832. The van der Waals surface area contributed by atoms with Crippen molar-refractivity contribution in [1.82, 2.24) is 5.32 Å². The maximum absolute atomic E-state index is 12.3. The summed E-state index contributed by atoms with van der Waals surface area (Å²) in [5, 5.41) is 2.67. The van der Waals surface area contributed by atoms with Crippen LogP contribution in [0.5, 0.6) is 0 Å². The maximum Gasteiger partial charge on any atom is 0.351 e. The first-order valence-corrected chi connectivity index (χ1v) is 8.56. The topological polar surface area (TPSA) is 108 Å². The van der Waals surface area contributed by atoms with Gasteiger partial charge in [-0.05, 0) is 18.9 Å². The number of ether oxygens (including phenoxy) is 3. The summed E-state index contributed by atoms with van der Waals surface area (Å²) in [7, 11) is 0. The Morgan fingerprint density at radius 3 is 2.04 bits per heavy atom. The number of benzene rings is 1. The Labute approximate surface area is 158 Å². The van der Waals surface area contributed by atoms with Gasteiger partial charge in [0.25, 0.3) is 0 Å². The van der Waals surface area contributed by atoms with E-state index in [1.807, 2.05) is 30.3 Å². The predicted octanol–water partition coefficient (Wildman–Crippen LogP) is 1.16. The van der Waals surface area contributed by atoms with Crippen LogP contribution in [-0.4, -0.2) is 48.7 Å². The van der Waals surface area contributed by atoms with Crippen molar-refractivity contribution in [3.63, 3.8) is 0 Å². The highest BCUT2D eigenvalue weighted by molar-refractivity contribution is 5.80. The molecule has 1 aromatic carbocycles. The highest BCUT2D eigenvalue weighted by atomic mass is 16.6. The molecule has 8 heteroatoms. The van der Waals surface area contributed by atoms with E-state index >= 15 is 0 Å². The lowest BCUT2D eigenvalue weighted by Gasteiger charge is -2.31. The zero-order chi connectivity index (χ0) is 20.4. The summed E-state index contributed by atoms with van der Waals surface area (Å²) in [6.45, 7) is 5.23. The molecular weight excluding hydrogens is 354 g/mol. The van der Waals surface area contributed by atoms with Crippen LogP contribution in [0.1, 0.15) is 33.3 Å². The van der Waals surface area contributed by atoms with E-state index in [-0.39, 0.29) is 13.0 Å². The smallest absolute Gasteiger partial charge is 0.351 e. The second-order valence-corrected chi connectivity index (χ2v) is 5.85. The van der Waals surface area contributed by atoms with Crippen molar-refractivity contribution in [3.8, 4) is 0 Å². The molecule has 0 bridgehead atoms. The largest absolute Gasteiger partial charge is 0.463 e. The minimum atomic E-state index is -1.51. The van der Waals surface area contributed by atoms with E-state index < -0.39 is 42.1 Å². The lowest BCUT2D eigenvalue weighted by Crippen LogP contribution is -2.55. The minimum absolute atomic E-state index is 0.0485. The molecule has 0 aliphatic carbocycles. The average Bonchev–Trinajstić information content (AvgIpc) is 2.57. The third-order valence-electron chi connectivity index (χ3n) is 3.50. The Morgan fingerprint density at radius 1 is 0.963 bits per heavy atom. The Morgan fingerprint density at radius 2 is 1.56 bits per heavy atom. The van der Waals surface area contributed by atoms with E-state index in [1.54, 1.807) is 6.92 Å². The number of nitrogens with one attached hydrogen (secondary N) is 1. The van der Waals surface area contributed by atoms with Crippen LogP contribution < -0.4 is 5.32 Å². The molecule has 3 atom stereocenters. The van der Waals surface area contributed by atoms with Gasteiger partial charge < -0.3 is 19.5 Å². The van der Waals surface area contributed by atoms with Crippen LogP contribution >= 0.6 is 0 Å². The number of hydrogen-bond acceptors (Lipinski definition) is 7. The molecule has 0 saturated heterocycles. The number of amides is 1. The van der Waals surface area contributed by atoms with E-state index in [0.717, 1.165) is 19.4 Å². The van der Waals surface area contributed by atoms with Gasteiger partial charge in [0.1, 0.15) is 0 Å². The number of esters is 3. The molecule has 1 aromatic rings. The molecule has 1 N–H and O–H groups in total. The van der Waals surface area contributed by atoms with Crippen molar-refractivity contribution < 1.29 is 33.4 Å². The Hall–Kier alpha value is -2.90. The monoisotopic (exact) mass is 379 g/mol. The van der Waals surface area contributed by atoms with Crippen molar-refractivity contribution in [2.75, 3.05) is 6.61 Å². The molecule has 1 rings (SSSR count). The van der Waals surface area contributed by atoms with E-state index in [4.69, 9.17) is 14.2 Å². The highest BCUT2D eigenvalue weighted by Gasteiger charge is 2.41. The molecule has 0 fully saturated rings. The summed E-state index contributed by atoms with van der Waals surface area (Å²) in [6.07, 6.45) is -2.52. The summed E-state index contributed by atoms with van der Waals surface area (Å²) in [6, 6.07) is 8.30. The zero-order valence-electron chi connectivity index (χ0n) is 15.9. The van der Waals surface area contributed by atoms with Gasteiger partial charge in [0.15, 0.2) is 6.10 Å². The molecule has 0 radical (unpaired) electrons. The quantitative estimate of drug-likeness (QED) is 0.507. The fourth-order valence-corrected chi connectivity index (χ4v) is 2.58. The lowest BCUT2D eigenvalue weighted by molar-refractivity contribution is -0.183. The number of hydrogen-bond donors (Lipinski definition) is 1. The summed E-state index contributed by atoms with van der Waals surface area (Å²) in [5.74, 6) is -2.68. The third-order valence-corrected chi connectivity index (χ3v) is 3.50. The van der Waals surface area contributed by atoms with Crippen molar-refractivity contribution in [3.05, 3.63) is 35.9 Å². The number of carbonyl (C=O) groups is 4. The van der Waals surface area contributed by atoms with Gasteiger partial charge in [-0.1, -0.05) is 30.3 Å². The number of carbonyl (C=O) groups excluding carboxylic acids is 4. The number of rotatable bonds is 9. The van der Waals surface area contributed by atoms with Crippen LogP contribution in [0.3, 0.4) is 0 Å².